The minimum absolute atomic E-state index is 0.141. The maximum Gasteiger partial charge on any atom is 0.282 e. The molecule has 0 saturated heterocycles. The summed E-state index contributed by atoms with van der Waals surface area (Å²) in [4.78, 5) is 11.7. The SMILES string of the molecule is CC(CNc1cnn(C)c(=O)c1Br)c1ccccc1. The molecule has 5 heteroatoms. The monoisotopic (exact) mass is 321 g/mol. The van der Waals surface area contributed by atoms with Crippen LogP contribution >= 0.6 is 15.9 Å². The summed E-state index contributed by atoms with van der Waals surface area (Å²) in [7, 11) is 1.63. The number of aryl methyl sites for hydroxylation is 1. The van der Waals surface area contributed by atoms with Gasteiger partial charge < -0.3 is 5.32 Å². The molecule has 0 spiro atoms. The lowest BCUT2D eigenvalue weighted by molar-refractivity contribution is 0.701. The van der Waals surface area contributed by atoms with Crippen LogP contribution in [0.5, 0.6) is 0 Å². The van der Waals surface area contributed by atoms with E-state index in [1.165, 1.54) is 10.2 Å². The minimum atomic E-state index is -0.141. The summed E-state index contributed by atoms with van der Waals surface area (Å²) >= 11 is 3.30. The molecular formula is C14H16BrN3O. The molecule has 0 aliphatic heterocycles. The first-order valence-corrected chi connectivity index (χ1v) is 6.89. The van der Waals surface area contributed by atoms with E-state index in [1.54, 1.807) is 13.2 Å². The van der Waals surface area contributed by atoms with Gasteiger partial charge in [-0.1, -0.05) is 37.3 Å². The topological polar surface area (TPSA) is 46.9 Å². The second-order valence-electron chi connectivity index (χ2n) is 4.49. The third-order valence-corrected chi connectivity index (χ3v) is 3.81. The summed E-state index contributed by atoms with van der Waals surface area (Å²) < 4.78 is 1.82. The maximum atomic E-state index is 11.7. The predicted octanol–water partition coefficient (Wildman–Crippen LogP) is 2.76. The van der Waals surface area contributed by atoms with Gasteiger partial charge in [-0.15, -0.1) is 0 Å². The lowest BCUT2D eigenvalue weighted by atomic mass is 10.0. The fourth-order valence-corrected chi connectivity index (χ4v) is 2.30. The quantitative estimate of drug-likeness (QED) is 0.941. The fourth-order valence-electron chi connectivity index (χ4n) is 1.80. The fraction of sp³-hybridized carbons (Fsp3) is 0.286. The molecule has 1 aromatic carbocycles. The largest absolute Gasteiger partial charge is 0.382 e. The van der Waals surface area contributed by atoms with Gasteiger partial charge in [0.2, 0.25) is 0 Å². The number of benzene rings is 1. The van der Waals surface area contributed by atoms with E-state index in [2.05, 4.69) is 45.4 Å². The summed E-state index contributed by atoms with van der Waals surface area (Å²) in [5.74, 6) is 0.358. The average molecular weight is 322 g/mol. The smallest absolute Gasteiger partial charge is 0.282 e. The van der Waals surface area contributed by atoms with Gasteiger partial charge in [-0.2, -0.15) is 5.10 Å². The van der Waals surface area contributed by atoms with Crippen molar-refractivity contribution < 1.29 is 0 Å². The van der Waals surface area contributed by atoms with E-state index in [1.807, 2.05) is 18.2 Å². The van der Waals surface area contributed by atoms with Crippen molar-refractivity contribution in [2.24, 2.45) is 7.05 Å². The van der Waals surface area contributed by atoms with E-state index in [0.717, 1.165) is 12.2 Å². The summed E-state index contributed by atoms with van der Waals surface area (Å²) in [6.45, 7) is 2.89. The van der Waals surface area contributed by atoms with Crippen LogP contribution < -0.4 is 10.9 Å². The molecule has 0 saturated carbocycles. The molecule has 19 heavy (non-hydrogen) atoms. The van der Waals surface area contributed by atoms with Gasteiger partial charge in [0, 0.05) is 13.6 Å². The van der Waals surface area contributed by atoms with Crippen molar-refractivity contribution in [2.75, 3.05) is 11.9 Å². The van der Waals surface area contributed by atoms with Gasteiger partial charge in [-0.05, 0) is 27.4 Å². The summed E-state index contributed by atoms with van der Waals surface area (Å²) in [5.41, 5.74) is 1.85. The number of hydrogen-bond donors (Lipinski definition) is 1. The Balaban J connectivity index is 2.08. The Labute approximate surface area is 120 Å². The Morgan fingerprint density at radius 2 is 2.05 bits per heavy atom. The molecule has 1 heterocycles. The molecule has 0 fully saturated rings. The lowest BCUT2D eigenvalue weighted by Gasteiger charge is -2.14. The van der Waals surface area contributed by atoms with E-state index in [9.17, 15) is 4.79 Å². The van der Waals surface area contributed by atoms with Crippen molar-refractivity contribution in [1.29, 1.82) is 0 Å². The lowest BCUT2D eigenvalue weighted by Crippen LogP contribution is -2.22. The second-order valence-corrected chi connectivity index (χ2v) is 5.29. The van der Waals surface area contributed by atoms with E-state index in [4.69, 9.17) is 0 Å². The van der Waals surface area contributed by atoms with Crippen LogP contribution in [0.4, 0.5) is 5.69 Å². The highest BCUT2D eigenvalue weighted by molar-refractivity contribution is 9.10. The van der Waals surface area contributed by atoms with Crippen molar-refractivity contribution in [3.05, 3.63) is 56.9 Å². The molecule has 1 unspecified atom stereocenters. The number of rotatable bonds is 4. The second kappa shape index (κ2) is 6.02. The van der Waals surface area contributed by atoms with Crippen LogP contribution in [-0.4, -0.2) is 16.3 Å². The van der Waals surface area contributed by atoms with Gasteiger partial charge in [-0.25, -0.2) is 4.68 Å². The first kappa shape index (κ1) is 13.8. The molecule has 0 amide bonds. The molecule has 2 aromatic rings. The Morgan fingerprint density at radius 3 is 2.74 bits per heavy atom. The highest BCUT2D eigenvalue weighted by Gasteiger charge is 2.09. The van der Waals surface area contributed by atoms with Crippen molar-refractivity contribution in [2.45, 2.75) is 12.8 Å². The number of nitrogens with one attached hydrogen (secondary N) is 1. The van der Waals surface area contributed by atoms with Gasteiger partial charge in [-0.3, -0.25) is 4.79 Å². The number of aromatic nitrogens is 2. The molecule has 4 nitrogen and oxygen atoms in total. The third-order valence-electron chi connectivity index (χ3n) is 3.05. The van der Waals surface area contributed by atoms with E-state index in [-0.39, 0.29) is 5.56 Å². The third kappa shape index (κ3) is 3.23. The standard InChI is InChI=1S/C14H16BrN3O/c1-10(11-6-4-3-5-7-11)8-16-12-9-17-18(2)14(19)13(12)15/h3-7,9-10,16H,8H2,1-2H3. The normalized spacial score (nSPS) is 12.2. The molecule has 1 aromatic heterocycles. The van der Waals surface area contributed by atoms with Crippen LogP contribution in [0.25, 0.3) is 0 Å². The first-order valence-electron chi connectivity index (χ1n) is 6.10. The van der Waals surface area contributed by atoms with Gasteiger partial charge in [0.05, 0.1) is 11.9 Å². The van der Waals surface area contributed by atoms with Gasteiger partial charge >= 0.3 is 0 Å². The number of halogens is 1. The summed E-state index contributed by atoms with van der Waals surface area (Å²) in [6, 6.07) is 10.3. The van der Waals surface area contributed by atoms with Crippen molar-refractivity contribution in [1.82, 2.24) is 9.78 Å². The highest BCUT2D eigenvalue weighted by atomic mass is 79.9. The average Bonchev–Trinajstić information content (AvgIpc) is 2.45. The molecule has 1 atom stereocenters. The Hall–Kier alpha value is -1.62. The van der Waals surface area contributed by atoms with Gasteiger partial charge in [0.15, 0.2) is 0 Å². The Bertz CT molecular complexity index is 610. The zero-order chi connectivity index (χ0) is 13.8. The predicted molar refractivity (Wildman–Crippen MR) is 80.5 cm³/mol. The van der Waals surface area contributed by atoms with Crippen LogP contribution in [0, 0.1) is 0 Å². The number of nitrogens with zero attached hydrogens (tertiary/aromatic N) is 2. The highest BCUT2D eigenvalue weighted by Crippen LogP contribution is 2.19. The zero-order valence-electron chi connectivity index (χ0n) is 10.9. The molecule has 2 rings (SSSR count). The molecule has 0 bridgehead atoms. The maximum absolute atomic E-state index is 11.7. The Morgan fingerprint density at radius 1 is 1.37 bits per heavy atom. The Kier molecular flexibility index (Phi) is 4.37. The number of hydrogen-bond acceptors (Lipinski definition) is 3. The molecular weight excluding hydrogens is 306 g/mol. The van der Waals surface area contributed by atoms with E-state index >= 15 is 0 Å². The summed E-state index contributed by atoms with van der Waals surface area (Å²) in [5, 5.41) is 7.26. The van der Waals surface area contributed by atoms with Crippen LogP contribution in [0.1, 0.15) is 18.4 Å². The van der Waals surface area contributed by atoms with Crippen LogP contribution in [0.15, 0.2) is 45.8 Å². The molecule has 0 aliphatic rings. The molecule has 0 aliphatic carbocycles. The molecule has 1 N–H and O–H groups in total. The van der Waals surface area contributed by atoms with Gasteiger partial charge in [0.1, 0.15) is 4.47 Å². The summed E-state index contributed by atoms with van der Waals surface area (Å²) in [6.07, 6.45) is 1.66. The van der Waals surface area contributed by atoms with Crippen LogP contribution in [-0.2, 0) is 7.05 Å². The number of anilines is 1. The van der Waals surface area contributed by atoms with Gasteiger partial charge in [0.25, 0.3) is 5.56 Å². The van der Waals surface area contributed by atoms with E-state index in [0.29, 0.717) is 10.4 Å². The van der Waals surface area contributed by atoms with Crippen LogP contribution in [0.2, 0.25) is 0 Å². The molecule has 0 radical (unpaired) electrons. The first-order chi connectivity index (χ1) is 9.09. The minimum Gasteiger partial charge on any atom is -0.382 e. The van der Waals surface area contributed by atoms with E-state index < -0.39 is 0 Å². The van der Waals surface area contributed by atoms with Crippen molar-refractivity contribution >= 4 is 21.6 Å². The van der Waals surface area contributed by atoms with Crippen molar-refractivity contribution in [3.63, 3.8) is 0 Å². The zero-order valence-corrected chi connectivity index (χ0v) is 12.5. The van der Waals surface area contributed by atoms with Crippen molar-refractivity contribution in [3.8, 4) is 0 Å². The van der Waals surface area contributed by atoms with Crippen LogP contribution in [0.3, 0.4) is 0 Å². The molecule has 100 valence electrons.